The van der Waals surface area contributed by atoms with E-state index in [0.29, 0.717) is 12.0 Å². The predicted octanol–water partition coefficient (Wildman–Crippen LogP) is 7.70. The van der Waals surface area contributed by atoms with Gasteiger partial charge in [-0.05, 0) is 157 Å². The van der Waals surface area contributed by atoms with Crippen LogP contribution in [0.2, 0.25) is 0 Å². The molecule has 9 atom stereocenters. The third-order valence-corrected chi connectivity index (χ3v) is 13.7. The van der Waals surface area contributed by atoms with Crippen LogP contribution in [0.15, 0.2) is 11.6 Å². The van der Waals surface area contributed by atoms with Crippen molar-refractivity contribution in [2.75, 3.05) is 39.3 Å². The molecular weight excluding hydrogens is 568 g/mol. The molecule has 5 N–H and O–H groups in total. The van der Waals surface area contributed by atoms with Gasteiger partial charge in [-0.25, -0.2) is 0 Å². The molecule has 0 aliphatic heterocycles. The van der Waals surface area contributed by atoms with Crippen molar-refractivity contribution in [3.8, 4) is 0 Å². The zero-order valence-electron chi connectivity index (χ0n) is 31.0. The molecule has 3 saturated carbocycles. The monoisotopic (exact) mass is 643 g/mol. The number of nitrogens with one attached hydrogen (secondary N) is 1. The SMILES string of the molecule is CC(C)CCCC(C)[C@H]1CC[C@H]2[C@@H]3CC=C4C[C@@H](OC(=O)C(C)N(CCCN)CCCCNCCCN)CC[C@]4(C)[C@H]3CC[C@]12C. The number of ether oxygens (including phenoxy) is 1. The fourth-order valence-electron chi connectivity index (χ4n) is 10.9. The molecule has 0 aromatic heterocycles. The number of unbranched alkanes of at least 4 members (excludes halogenated alkanes) is 1. The Morgan fingerprint density at radius 3 is 2.39 bits per heavy atom. The van der Waals surface area contributed by atoms with Crippen molar-refractivity contribution in [1.29, 1.82) is 0 Å². The lowest BCUT2D eigenvalue weighted by Gasteiger charge is -2.58. The second-order valence-electron chi connectivity index (χ2n) is 17.0. The van der Waals surface area contributed by atoms with E-state index in [1.165, 1.54) is 57.8 Å². The van der Waals surface area contributed by atoms with E-state index in [4.69, 9.17) is 16.2 Å². The van der Waals surface area contributed by atoms with Gasteiger partial charge in [-0.2, -0.15) is 0 Å². The van der Waals surface area contributed by atoms with Gasteiger partial charge in [0.1, 0.15) is 12.1 Å². The highest BCUT2D eigenvalue weighted by molar-refractivity contribution is 5.75. The highest BCUT2D eigenvalue weighted by atomic mass is 16.5. The van der Waals surface area contributed by atoms with E-state index in [9.17, 15) is 4.79 Å². The van der Waals surface area contributed by atoms with Crippen molar-refractivity contribution in [2.45, 2.75) is 150 Å². The molecule has 6 nitrogen and oxygen atoms in total. The smallest absolute Gasteiger partial charge is 0.323 e. The van der Waals surface area contributed by atoms with Crippen molar-refractivity contribution in [1.82, 2.24) is 10.2 Å². The summed E-state index contributed by atoms with van der Waals surface area (Å²) in [5.41, 5.74) is 13.9. The number of nitrogens with two attached hydrogens (primary N) is 2. The summed E-state index contributed by atoms with van der Waals surface area (Å²) < 4.78 is 6.31. The molecule has 0 saturated heterocycles. The molecule has 0 radical (unpaired) electrons. The van der Waals surface area contributed by atoms with Crippen LogP contribution in [0.1, 0.15) is 138 Å². The average molecular weight is 643 g/mol. The van der Waals surface area contributed by atoms with E-state index in [-0.39, 0.29) is 23.5 Å². The van der Waals surface area contributed by atoms with E-state index < -0.39 is 0 Å². The van der Waals surface area contributed by atoms with Crippen molar-refractivity contribution < 1.29 is 9.53 Å². The first-order valence-electron chi connectivity index (χ1n) is 19.8. The molecule has 0 heterocycles. The molecule has 3 fully saturated rings. The van der Waals surface area contributed by atoms with E-state index in [0.717, 1.165) is 107 Å². The summed E-state index contributed by atoms with van der Waals surface area (Å²) in [6.07, 6.45) is 21.0. The molecule has 0 amide bonds. The maximum atomic E-state index is 13.5. The lowest BCUT2D eigenvalue weighted by molar-refractivity contribution is -0.157. The Bertz CT molecular complexity index is 969. The van der Waals surface area contributed by atoms with Crippen LogP contribution in [-0.2, 0) is 9.53 Å². The number of nitrogens with zero attached hydrogens (tertiary/aromatic N) is 1. The van der Waals surface area contributed by atoms with E-state index in [2.05, 4.69) is 50.9 Å². The van der Waals surface area contributed by atoms with Crippen LogP contribution < -0.4 is 16.8 Å². The number of fused-ring (bicyclic) bond motifs is 5. The molecule has 4 aliphatic carbocycles. The highest BCUT2D eigenvalue weighted by Gasteiger charge is 2.59. The fraction of sp³-hybridized carbons (Fsp3) is 0.925. The molecule has 266 valence electrons. The zero-order chi connectivity index (χ0) is 33.3. The van der Waals surface area contributed by atoms with E-state index >= 15 is 0 Å². The van der Waals surface area contributed by atoms with Crippen molar-refractivity contribution >= 4 is 5.97 Å². The molecule has 0 aromatic rings. The summed E-state index contributed by atoms with van der Waals surface area (Å²) in [6.45, 7) is 19.7. The number of carbonyl (C=O) groups is 1. The minimum absolute atomic E-state index is 0.0188. The van der Waals surface area contributed by atoms with Crippen LogP contribution in [0.4, 0.5) is 0 Å². The van der Waals surface area contributed by atoms with Gasteiger partial charge in [-0.1, -0.05) is 65.5 Å². The minimum atomic E-state index is -0.228. The predicted molar refractivity (Wildman–Crippen MR) is 193 cm³/mol. The van der Waals surface area contributed by atoms with Crippen LogP contribution in [0.25, 0.3) is 0 Å². The minimum Gasteiger partial charge on any atom is -0.461 e. The first kappa shape index (κ1) is 37.9. The molecule has 4 rings (SSSR count). The molecule has 4 aliphatic rings. The van der Waals surface area contributed by atoms with Crippen LogP contribution in [0.5, 0.6) is 0 Å². The molecule has 0 bridgehead atoms. The average Bonchev–Trinajstić information content (AvgIpc) is 3.39. The molecule has 6 heteroatoms. The quantitative estimate of drug-likeness (QED) is 0.0760. The summed E-state index contributed by atoms with van der Waals surface area (Å²) in [5, 5.41) is 3.47. The second kappa shape index (κ2) is 17.6. The van der Waals surface area contributed by atoms with Gasteiger partial charge >= 0.3 is 5.97 Å². The van der Waals surface area contributed by atoms with Gasteiger partial charge in [0.25, 0.3) is 0 Å². The molecule has 0 spiro atoms. The lowest BCUT2D eigenvalue weighted by atomic mass is 9.47. The first-order valence-corrected chi connectivity index (χ1v) is 19.8. The Labute approximate surface area is 284 Å². The number of hydrogen-bond donors (Lipinski definition) is 3. The molecule has 2 unspecified atom stereocenters. The van der Waals surface area contributed by atoms with Crippen molar-refractivity contribution in [3.63, 3.8) is 0 Å². The number of hydrogen-bond acceptors (Lipinski definition) is 6. The number of rotatable bonds is 19. The van der Waals surface area contributed by atoms with Gasteiger partial charge in [0, 0.05) is 13.0 Å². The second-order valence-corrected chi connectivity index (χ2v) is 17.0. The lowest BCUT2D eigenvalue weighted by Crippen LogP contribution is -2.51. The van der Waals surface area contributed by atoms with Crippen LogP contribution >= 0.6 is 0 Å². The summed E-state index contributed by atoms with van der Waals surface area (Å²) in [5.74, 6) is 5.07. The standard InChI is InChI=1S/C40H74N4O2/c1-29(2)12-9-13-30(3)35-16-17-36-34-15-14-32-28-33(18-20-39(32,5)37(34)19-21-40(35,36)6)46-38(45)31(4)44(27-11-23-42)26-8-7-24-43-25-10-22-41/h14,29-31,33-37,43H,7-13,15-28,41-42H2,1-6H3/t30?,31?,33-,34-,35+,36-,37-,39-,40+/m0/s1. The van der Waals surface area contributed by atoms with Crippen LogP contribution in [0.3, 0.4) is 0 Å². The van der Waals surface area contributed by atoms with Gasteiger partial charge in [0.2, 0.25) is 0 Å². The Hall–Kier alpha value is -0.950. The van der Waals surface area contributed by atoms with Crippen LogP contribution in [0, 0.1) is 46.3 Å². The Morgan fingerprint density at radius 1 is 0.913 bits per heavy atom. The van der Waals surface area contributed by atoms with Gasteiger partial charge in [-0.15, -0.1) is 0 Å². The summed E-state index contributed by atoms with van der Waals surface area (Å²) in [7, 11) is 0. The Morgan fingerprint density at radius 2 is 1.65 bits per heavy atom. The van der Waals surface area contributed by atoms with Gasteiger partial charge in [-0.3, -0.25) is 9.69 Å². The van der Waals surface area contributed by atoms with Crippen molar-refractivity contribution in [2.24, 2.45) is 57.8 Å². The van der Waals surface area contributed by atoms with Crippen LogP contribution in [-0.4, -0.2) is 62.3 Å². The zero-order valence-corrected chi connectivity index (χ0v) is 31.0. The topological polar surface area (TPSA) is 93.6 Å². The first-order chi connectivity index (χ1) is 22.0. The van der Waals surface area contributed by atoms with Gasteiger partial charge < -0.3 is 21.5 Å². The number of carbonyl (C=O) groups excluding carboxylic acids is 1. The third-order valence-electron chi connectivity index (χ3n) is 13.7. The normalized spacial score (nSPS) is 33.7. The summed E-state index contributed by atoms with van der Waals surface area (Å²) in [4.78, 5) is 15.8. The largest absolute Gasteiger partial charge is 0.461 e. The van der Waals surface area contributed by atoms with Gasteiger partial charge in [0.15, 0.2) is 0 Å². The molecular formula is C40H74N4O2. The Balaban J connectivity index is 1.31. The maximum absolute atomic E-state index is 13.5. The number of esters is 1. The Kier molecular flexibility index (Phi) is 14.5. The third kappa shape index (κ3) is 8.98. The van der Waals surface area contributed by atoms with Gasteiger partial charge in [0.05, 0.1) is 0 Å². The van der Waals surface area contributed by atoms with E-state index in [1.54, 1.807) is 5.57 Å². The van der Waals surface area contributed by atoms with E-state index in [1.807, 2.05) is 6.92 Å². The fourth-order valence-corrected chi connectivity index (χ4v) is 10.9. The van der Waals surface area contributed by atoms with Crippen molar-refractivity contribution in [3.05, 3.63) is 11.6 Å². The highest BCUT2D eigenvalue weighted by Crippen LogP contribution is 2.67. The summed E-state index contributed by atoms with van der Waals surface area (Å²) >= 11 is 0. The summed E-state index contributed by atoms with van der Waals surface area (Å²) in [6, 6.07) is -0.228. The molecule has 46 heavy (non-hydrogen) atoms. The molecule has 0 aromatic carbocycles. The number of allylic oxidation sites excluding steroid dienone is 1. The maximum Gasteiger partial charge on any atom is 0.323 e.